The van der Waals surface area contributed by atoms with Gasteiger partial charge in [0, 0.05) is 29.6 Å². The lowest BCUT2D eigenvalue weighted by molar-refractivity contribution is -0.141. The topological polar surface area (TPSA) is 144 Å². The van der Waals surface area contributed by atoms with E-state index in [1.807, 2.05) is 6.92 Å². The van der Waals surface area contributed by atoms with E-state index in [1.54, 1.807) is 24.0 Å². The van der Waals surface area contributed by atoms with Gasteiger partial charge in [0.25, 0.3) is 11.4 Å². The second-order valence-electron chi connectivity index (χ2n) is 11.5. The Morgan fingerprint density at radius 1 is 1.06 bits per heavy atom. The van der Waals surface area contributed by atoms with Gasteiger partial charge in [-0.1, -0.05) is 30.2 Å². The molecule has 0 saturated carbocycles. The molecular formula is C31H27ClF3N9O4. The number of benzene rings is 1. The fourth-order valence-electron chi connectivity index (χ4n) is 5.89. The van der Waals surface area contributed by atoms with Gasteiger partial charge in [-0.2, -0.15) is 18.3 Å². The molecule has 6 heterocycles. The van der Waals surface area contributed by atoms with E-state index in [0.29, 0.717) is 54.3 Å². The molecule has 4 aromatic heterocycles. The zero-order valence-electron chi connectivity index (χ0n) is 25.5. The van der Waals surface area contributed by atoms with Crippen LogP contribution in [0.1, 0.15) is 43.6 Å². The molecule has 7 rings (SSSR count). The second kappa shape index (κ2) is 12.1. The number of carbonyl (C=O) groups excluding carboxylic acids is 1. The van der Waals surface area contributed by atoms with E-state index in [0.717, 1.165) is 10.9 Å². The first kappa shape index (κ1) is 31.4. The van der Waals surface area contributed by atoms with Crippen molar-refractivity contribution in [1.29, 1.82) is 0 Å². The number of hydrogen-bond donors (Lipinski definition) is 1. The Labute approximate surface area is 275 Å². The molecule has 0 fully saturated rings. The van der Waals surface area contributed by atoms with Crippen molar-refractivity contribution in [3.8, 4) is 39.8 Å². The average Bonchev–Trinajstić information content (AvgIpc) is 3.69. The summed E-state index contributed by atoms with van der Waals surface area (Å²) in [6.45, 7) is 2.40. The number of carbonyl (C=O) groups is 1. The van der Waals surface area contributed by atoms with Crippen LogP contribution in [0.5, 0.6) is 11.6 Å². The number of alkyl halides is 3. The maximum atomic E-state index is 13.9. The van der Waals surface area contributed by atoms with Crippen LogP contribution in [-0.4, -0.2) is 58.4 Å². The van der Waals surface area contributed by atoms with Gasteiger partial charge in [-0.3, -0.25) is 18.8 Å². The number of ether oxygens (including phenoxy) is 2. The maximum Gasteiger partial charge on any atom is 0.436 e. The van der Waals surface area contributed by atoms with Gasteiger partial charge in [0.2, 0.25) is 5.91 Å². The SMILES string of the molecule is C[C@@H]1CCC[C@H](n2cnc(-c3cc(Cl)ccc3-n3cc(C(F)(F)F)nn3)cc2=O)c2cc(c3c(n2)OCCO3)-c2c(cnn2C)NC1=O. The lowest BCUT2D eigenvalue weighted by Gasteiger charge is -2.26. The molecule has 0 radical (unpaired) electrons. The van der Waals surface area contributed by atoms with Gasteiger partial charge >= 0.3 is 6.18 Å². The number of nitrogens with one attached hydrogen (secondary N) is 1. The molecule has 5 aromatic rings. The van der Waals surface area contributed by atoms with Crippen molar-refractivity contribution in [2.45, 2.75) is 38.4 Å². The van der Waals surface area contributed by atoms with Crippen LogP contribution in [0.2, 0.25) is 5.02 Å². The zero-order valence-corrected chi connectivity index (χ0v) is 26.3. The summed E-state index contributed by atoms with van der Waals surface area (Å²) in [6.07, 6.45) is 0.498. The minimum atomic E-state index is -4.70. The molecule has 2 aliphatic heterocycles. The first-order valence-electron chi connectivity index (χ1n) is 15.0. The summed E-state index contributed by atoms with van der Waals surface area (Å²) in [7, 11) is 1.74. The molecule has 2 bridgehead atoms. The molecule has 1 N–H and O–H groups in total. The molecular weight excluding hydrogens is 655 g/mol. The summed E-state index contributed by atoms with van der Waals surface area (Å²) < 4.78 is 55.7. The van der Waals surface area contributed by atoms with Crippen molar-refractivity contribution < 1.29 is 27.4 Å². The third-order valence-electron chi connectivity index (χ3n) is 8.32. The number of halogens is 4. The Bertz CT molecular complexity index is 2110. The quantitative estimate of drug-likeness (QED) is 0.276. The van der Waals surface area contributed by atoms with Gasteiger partial charge in [0.05, 0.1) is 58.8 Å². The van der Waals surface area contributed by atoms with Gasteiger partial charge in [-0.25, -0.2) is 14.6 Å². The number of fused-ring (bicyclic) bond motifs is 6. The van der Waals surface area contributed by atoms with E-state index < -0.39 is 23.5 Å². The molecule has 248 valence electrons. The fraction of sp³-hybridized carbons (Fsp3) is 0.323. The van der Waals surface area contributed by atoms with E-state index in [-0.39, 0.29) is 46.3 Å². The summed E-state index contributed by atoms with van der Waals surface area (Å²) in [6, 6.07) is 6.89. The van der Waals surface area contributed by atoms with Crippen LogP contribution in [-0.2, 0) is 18.0 Å². The molecule has 13 nitrogen and oxygen atoms in total. The maximum absolute atomic E-state index is 13.9. The Hall–Kier alpha value is -5.25. The molecule has 48 heavy (non-hydrogen) atoms. The summed E-state index contributed by atoms with van der Waals surface area (Å²) in [5.41, 5.74) is 1.15. The summed E-state index contributed by atoms with van der Waals surface area (Å²) >= 11 is 6.27. The first-order valence-corrected chi connectivity index (χ1v) is 15.4. The van der Waals surface area contributed by atoms with Crippen molar-refractivity contribution in [2.75, 3.05) is 18.5 Å². The fourth-order valence-corrected chi connectivity index (χ4v) is 6.07. The van der Waals surface area contributed by atoms with Crippen molar-refractivity contribution in [3.63, 3.8) is 0 Å². The smallest absolute Gasteiger partial charge is 0.436 e. The van der Waals surface area contributed by atoms with E-state index in [2.05, 4.69) is 25.7 Å². The zero-order chi connectivity index (χ0) is 33.7. The normalized spacial score (nSPS) is 18.0. The number of aromatic nitrogens is 8. The van der Waals surface area contributed by atoms with Crippen LogP contribution in [0.4, 0.5) is 18.9 Å². The van der Waals surface area contributed by atoms with E-state index in [9.17, 15) is 22.8 Å². The highest BCUT2D eigenvalue weighted by atomic mass is 35.5. The molecule has 2 aliphatic rings. The van der Waals surface area contributed by atoms with Crippen molar-refractivity contribution in [1.82, 2.24) is 39.3 Å². The molecule has 0 saturated heterocycles. The number of aryl methyl sites for hydroxylation is 1. The number of pyridine rings is 1. The Balaban J connectivity index is 1.35. The van der Waals surface area contributed by atoms with Gasteiger partial charge in [0.1, 0.15) is 13.2 Å². The molecule has 2 atom stereocenters. The third kappa shape index (κ3) is 5.76. The minimum Gasteiger partial charge on any atom is -0.484 e. The van der Waals surface area contributed by atoms with Crippen molar-refractivity contribution in [2.24, 2.45) is 13.0 Å². The summed E-state index contributed by atoms with van der Waals surface area (Å²) in [4.78, 5) is 36.4. The van der Waals surface area contributed by atoms with Crippen LogP contribution >= 0.6 is 11.6 Å². The number of hydrogen-bond acceptors (Lipinski definition) is 9. The highest BCUT2D eigenvalue weighted by Gasteiger charge is 2.35. The highest BCUT2D eigenvalue weighted by molar-refractivity contribution is 6.31. The van der Waals surface area contributed by atoms with Gasteiger partial charge in [-0.05, 0) is 37.1 Å². The third-order valence-corrected chi connectivity index (χ3v) is 8.56. The average molecular weight is 682 g/mol. The monoisotopic (exact) mass is 681 g/mol. The predicted molar refractivity (Wildman–Crippen MR) is 166 cm³/mol. The van der Waals surface area contributed by atoms with E-state index in [1.165, 1.54) is 35.2 Å². The molecule has 17 heteroatoms. The van der Waals surface area contributed by atoms with Crippen molar-refractivity contribution in [3.05, 3.63) is 75.8 Å². The number of amides is 1. The second-order valence-corrected chi connectivity index (χ2v) is 12.0. The Morgan fingerprint density at radius 2 is 1.88 bits per heavy atom. The molecule has 0 aliphatic carbocycles. The van der Waals surface area contributed by atoms with Crippen LogP contribution in [0.25, 0.3) is 28.2 Å². The van der Waals surface area contributed by atoms with Crippen molar-refractivity contribution >= 4 is 23.2 Å². The number of anilines is 1. The predicted octanol–water partition coefficient (Wildman–Crippen LogP) is 5.08. The van der Waals surface area contributed by atoms with Crippen LogP contribution in [0.15, 0.2) is 53.8 Å². The molecule has 1 aromatic carbocycles. The van der Waals surface area contributed by atoms with Gasteiger partial charge in [-0.15, -0.1) is 5.10 Å². The summed E-state index contributed by atoms with van der Waals surface area (Å²) in [5.74, 6) is 0.127. The van der Waals surface area contributed by atoms with Gasteiger partial charge < -0.3 is 14.8 Å². The standard InChI is InChI=1S/C31H27ClF3N9O4/c1-16-4-3-5-24(21-11-19(28-30(39-21)48-9-8-47-28)27-22(38-29(16)46)13-37-42(27)2)43-15-36-20(12-26(43)45)18-10-17(32)6-7-23(18)44-14-25(40-41-44)31(33,34)35/h6-7,10-16,24H,3-5,8-9H2,1-2H3,(H,38,46)/t16-,24+/m1/s1. The number of rotatable bonds is 3. The Morgan fingerprint density at radius 3 is 2.65 bits per heavy atom. The molecule has 0 unspecified atom stereocenters. The van der Waals surface area contributed by atoms with E-state index >= 15 is 0 Å². The molecule has 1 amide bonds. The Kier molecular flexibility index (Phi) is 7.89. The lowest BCUT2D eigenvalue weighted by atomic mass is 9.96. The number of nitrogens with zero attached hydrogens (tertiary/aromatic N) is 8. The molecule has 0 spiro atoms. The lowest BCUT2D eigenvalue weighted by Crippen LogP contribution is -2.28. The van der Waals surface area contributed by atoms with Crippen LogP contribution in [0.3, 0.4) is 0 Å². The highest BCUT2D eigenvalue weighted by Crippen LogP contribution is 2.44. The first-order chi connectivity index (χ1) is 23.0. The summed E-state index contributed by atoms with van der Waals surface area (Å²) in [5, 5.41) is 14.5. The van der Waals surface area contributed by atoms with Crippen LogP contribution in [0, 0.1) is 5.92 Å². The van der Waals surface area contributed by atoms with Crippen LogP contribution < -0.4 is 20.3 Å². The van der Waals surface area contributed by atoms with Gasteiger partial charge in [0.15, 0.2) is 11.4 Å². The largest absolute Gasteiger partial charge is 0.484 e. The van der Waals surface area contributed by atoms with E-state index in [4.69, 9.17) is 26.1 Å². The minimum absolute atomic E-state index is 0.159.